The molecule has 7 heteroatoms. The molecule has 0 aliphatic carbocycles. The first kappa shape index (κ1) is 23.8. The van der Waals surface area contributed by atoms with Gasteiger partial charge in [-0.25, -0.2) is 0 Å². The fourth-order valence-electron chi connectivity index (χ4n) is 2.76. The Bertz CT molecular complexity index is 1080. The summed E-state index contributed by atoms with van der Waals surface area (Å²) < 4.78 is 17.0. The van der Waals surface area contributed by atoms with Crippen LogP contribution in [-0.2, 0) is 0 Å². The highest BCUT2D eigenvalue weighted by Crippen LogP contribution is 2.24. The fourth-order valence-corrected chi connectivity index (χ4v) is 2.97. The van der Waals surface area contributed by atoms with Gasteiger partial charge in [0.2, 0.25) is 0 Å². The third kappa shape index (κ3) is 7.97. The Morgan fingerprint density at radius 2 is 1.45 bits per heavy atom. The van der Waals surface area contributed by atoms with E-state index in [2.05, 4.69) is 17.2 Å². The Labute approximate surface area is 199 Å². The summed E-state index contributed by atoms with van der Waals surface area (Å²) in [5.74, 6) is 1.73. The Morgan fingerprint density at radius 1 is 0.848 bits per heavy atom. The maximum absolute atomic E-state index is 12.5. The second-order valence-electron chi connectivity index (χ2n) is 7.18. The minimum absolute atomic E-state index is 0.171. The van der Waals surface area contributed by atoms with E-state index < -0.39 is 0 Å². The largest absolute Gasteiger partial charge is 0.490 e. The zero-order valence-electron chi connectivity index (χ0n) is 18.4. The number of ether oxygens (including phenoxy) is 3. The fraction of sp³-hybridized carbons (Fsp3) is 0.154. The van der Waals surface area contributed by atoms with Crippen LogP contribution >= 0.6 is 12.2 Å². The number of benzene rings is 3. The average Bonchev–Trinajstić information content (AvgIpc) is 2.82. The monoisotopic (exact) mass is 462 g/mol. The molecule has 0 radical (unpaired) electrons. The van der Waals surface area contributed by atoms with Crippen LogP contribution in [-0.4, -0.2) is 30.8 Å². The van der Waals surface area contributed by atoms with Gasteiger partial charge in [0.15, 0.2) is 5.11 Å². The summed E-state index contributed by atoms with van der Waals surface area (Å²) in [5, 5.41) is 5.85. The zero-order valence-corrected chi connectivity index (χ0v) is 19.2. The number of hydrogen-bond donors (Lipinski definition) is 2. The van der Waals surface area contributed by atoms with E-state index in [0.29, 0.717) is 42.6 Å². The van der Waals surface area contributed by atoms with Gasteiger partial charge in [-0.3, -0.25) is 10.1 Å². The van der Waals surface area contributed by atoms with Crippen molar-refractivity contribution in [1.29, 1.82) is 0 Å². The van der Waals surface area contributed by atoms with Crippen LogP contribution in [0.3, 0.4) is 0 Å². The first-order chi connectivity index (χ1) is 16.0. The number of thiocarbonyl (C=S) groups is 1. The molecule has 33 heavy (non-hydrogen) atoms. The standard InChI is InChI=1S/C26H26N2O4S/c1-19(2)18-32-24-11-7-6-10-23(24)27-26(33)28-25(29)20-12-14-22(15-13-20)31-17-16-30-21-8-4-3-5-9-21/h3-15H,1,16-18H2,2H3,(H2,27,28,29,33). The van der Waals surface area contributed by atoms with E-state index >= 15 is 0 Å². The van der Waals surface area contributed by atoms with Crippen molar-refractivity contribution in [1.82, 2.24) is 5.32 Å². The van der Waals surface area contributed by atoms with Crippen LogP contribution in [0, 0.1) is 0 Å². The summed E-state index contributed by atoms with van der Waals surface area (Å²) in [6.07, 6.45) is 0. The number of para-hydroxylation sites is 3. The molecule has 3 aromatic carbocycles. The predicted molar refractivity (Wildman–Crippen MR) is 134 cm³/mol. The molecule has 0 unspecified atom stereocenters. The van der Waals surface area contributed by atoms with Crippen LogP contribution in [0.25, 0.3) is 0 Å². The van der Waals surface area contributed by atoms with Crippen LogP contribution in [0.4, 0.5) is 5.69 Å². The lowest BCUT2D eigenvalue weighted by atomic mass is 10.2. The van der Waals surface area contributed by atoms with Gasteiger partial charge in [-0.2, -0.15) is 0 Å². The van der Waals surface area contributed by atoms with Gasteiger partial charge in [-0.1, -0.05) is 36.9 Å². The minimum atomic E-state index is -0.327. The van der Waals surface area contributed by atoms with Gasteiger partial charge >= 0.3 is 0 Å². The van der Waals surface area contributed by atoms with Crippen molar-refractivity contribution in [3.63, 3.8) is 0 Å². The molecule has 0 atom stereocenters. The lowest BCUT2D eigenvalue weighted by molar-refractivity contribution is 0.0977. The molecule has 6 nitrogen and oxygen atoms in total. The number of carbonyl (C=O) groups is 1. The van der Waals surface area contributed by atoms with E-state index in [1.54, 1.807) is 24.3 Å². The molecule has 1 amide bonds. The molecule has 0 fully saturated rings. The summed E-state index contributed by atoms with van der Waals surface area (Å²) in [6, 6.07) is 23.7. The molecule has 0 bridgehead atoms. The molecule has 0 spiro atoms. The Morgan fingerprint density at radius 3 is 2.12 bits per heavy atom. The molecule has 0 saturated heterocycles. The number of anilines is 1. The molecular formula is C26H26N2O4S. The highest BCUT2D eigenvalue weighted by atomic mass is 32.1. The van der Waals surface area contributed by atoms with Gasteiger partial charge in [-0.05, 0) is 73.2 Å². The zero-order chi connectivity index (χ0) is 23.5. The smallest absolute Gasteiger partial charge is 0.257 e. The van der Waals surface area contributed by atoms with E-state index in [1.807, 2.05) is 61.5 Å². The molecule has 3 rings (SSSR count). The molecule has 0 aromatic heterocycles. The normalized spacial score (nSPS) is 10.1. The van der Waals surface area contributed by atoms with Gasteiger partial charge in [0.05, 0.1) is 5.69 Å². The Kier molecular flexibility index (Phi) is 8.85. The van der Waals surface area contributed by atoms with Crippen molar-refractivity contribution >= 4 is 28.9 Å². The van der Waals surface area contributed by atoms with Crippen LogP contribution in [0.1, 0.15) is 17.3 Å². The third-order valence-corrected chi connectivity index (χ3v) is 4.52. The van der Waals surface area contributed by atoms with Crippen molar-refractivity contribution in [2.75, 3.05) is 25.1 Å². The maximum Gasteiger partial charge on any atom is 0.257 e. The van der Waals surface area contributed by atoms with E-state index in [9.17, 15) is 4.79 Å². The summed E-state index contributed by atoms with van der Waals surface area (Å²) in [7, 11) is 0. The van der Waals surface area contributed by atoms with Gasteiger partial charge in [0.25, 0.3) is 5.91 Å². The topological polar surface area (TPSA) is 68.8 Å². The third-order valence-electron chi connectivity index (χ3n) is 4.32. The first-order valence-electron chi connectivity index (χ1n) is 10.4. The van der Waals surface area contributed by atoms with Crippen molar-refractivity contribution in [2.24, 2.45) is 0 Å². The van der Waals surface area contributed by atoms with E-state index in [1.165, 1.54) is 0 Å². The molecule has 0 saturated carbocycles. The van der Waals surface area contributed by atoms with Crippen LogP contribution in [0.15, 0.2) is 91.0 Å². The Hall–Kier alpha value is -3.84. The van der Waals surface area contributed by atoms with Crippen molar-refractivity contribution < 1.29 is 19.0 Å². The maximum atomic E-state index is 12.5. The van der Waals surface area contributed by atoms with Gasteiger partial charge in [-0.15, -0.1) is 0 Å². The number of nitrogens with one attached hydrogen (secondary N) is 2. The summed E-state index contributed by atoms with van der Waals surface area (Å²) in [4.78, 5) is 12.5. The second-order valence-corrected chi connectivity index (χ2v) is 7.59. The summed E-state index contributed by atoms with van der Waals surface area (Å²) >= 11 is 5.29. The first-order valence-corrected chi connectivity index (χ1v) is 10.8. The average molecular weight is 463 g/mol. The van der Waals surface area contributed by atoms with Gasteiger partial charge in [0, 0.05) is 5.56 Å². The Balaban J connectivity index is 1.46. The van der Waals surface area contributed by atoms with E-state index in [4.69, 9.17) is 26.4 Å². The molecule has 0 aliphatic heterocycles. The van der Waals surface area contributed by atoms with Crippen molar-refractivity contribution in [3.8, 4) is 17.2 Å². The van der Waals surface area contributed by atoms with Crippen molar-refractivity contribution in [3.05, 3.63) is 96.6 Å². The molecule has 170 valence electrons. The summed E-state index contributed by atoms with van der Waals surface area (Å²) in [6.45, 7) is 6.92. The lowest BCUT2D eigenvalue weighted by Gasteiger charge is -2.14. The summed E-state index contributed by atoms with van der Waals surface area (Å²) in [5.41, 5.74) is 2.02. The minimum Gasteiger partial charge on any atom is -0.490 e. The quantitative estimate of drug-likeness (QED) is 0.244. The van der Waals surface area contributed by atoms with E-state index in [0.717, 1.165) is 11.3 Å². The molecule has 0 heterocycles. The molecule has 2 N–H and O–H groups in total. The lowest BCUT2D eigenvalue weighted by Crippen LogP contribution is -2.34. The molecular weight excluding hydrogens is 436 g/mol. The van der Waals surface area contributed by atoms with Crippen LogP contribution in [0.2, 0.25) is 0 Å². The second kappa shape index (κ2) is 12.3. The van der Waals surface area contributed by atoms with Crippen molar-refractivity contribution in [2.45, 2.75) is 6.92 Å². The SMILES string of the molecule is C=C(C)COc1ccccc1NC(=S)NC(=O)c1ccc(OCCOc2ccccc2)cc1. The molecule has 0 aliphatic rings. The van der Waals surface area contributed by atoms with E-state index in [-0.39, 0.29) is 11.0 Å². The molecule has 3 aromatic rings. The van der Waals surface area contributed by atoms with Gasteiger partial charge < -0.3 is 19.5 Å². The number of rotatable bonds is 10. The van der Waals surface area contributed by atoms with Crippen LogP contribution in [0.5, 0.6) is 17.2 Å². The number of hydrogen-bond acceptors (Lipinski definition) is 5. The van der Waals surface area contributed by atoms with Crippen LogP contribution < -0.4 is 24.8 Å². The highest BCUT2D eigenvalue weighted by molar-refractivity contribution is 7.80. The number of carbonyl (C=O) groups excluding carboxylic acids is 1. The highest BCUT2D eigenvalue weighted by Gasteiger charge is 2.10. The predicted octanol–water partition coefficient (Wildman–Crippen LogP) is 5.23. The number of amides is 1. The van der Waals surface area contributed by atoms with Gasteiger partial charge in [0.1, 0.15) is 37.1 Å².